The molecular formula is C15H19FN6O2. The van der Waals surface area contributed by atoms with Crippen LogP contribution in [0.4, 0.5) is 16.1 Å². The number of aromatic nitrogens is 2. The molecule has 1 aromatic carbocycles. The predicted molar refractivity (Wildman–Crippen MR) is 86.0 cm³/mol. The summed E-state index contributed by atoms with van der Waals surface area (Å²) in [6, 6.07) is 4.42. The molecule has 128 valence electrons. The van der Waals surface area contributed by atoms with Crippen LogP contribution in [0.2, 0.25) is 0 Å². The molecule has 0 aliphatic carbocycles. The third kappa shape index (κ3) is 3.62. The highest BCUT2D eigenvalue weighted by atomic mass is 19.1. The molecule has 2 aromatic rings. The first-order chi connectivity index (χ1) is 11.5. The van der Waals surface area contributed by atoms with Gasteiger partial charge in [0.15, 0.2) is 0 Å². The number of anilines is 2. The molecule has 8 nitrogen and oxygen atoms in total. The van der Waals surface area contributed by atoms with Crippen LogP contribution in [0.1, 0.15) is 16.2 Å². The standard InChI is InChI=1S/C15H19FN6O2/c1-21-4-6-22(7-5-21)12-3-2-10(8-11(12)16)14(23)18-9-13-19-20-15(17)24-13/h2-3,8H,4-7,9H2,1H3,(H2,17,20)(H,18,23). The lowest BCUT2D eigenvalue weighted by atomic mass is 10.1. The number of carbonyl (C=O) groups excluding carboxylic acids is 1. The van der Waals surface area contributed by atoms with Gasteiger partial charge in [-0.3, -0.25) is 4.79 Å². The van der Waals surface area contributed by atoms with Gasteiger partial charge in [0.2, 0.25) is 5.89 Å². The topological polar surface area (TPSA) is 101 Å². The molecule has 0 bridgehead atoms. The summed E-state index contributed by atoms with van der Waals surface area (Å²) >= 11 is 0. The zero-order chi connectivity index (χ0) is 17.1. The number of likely N-dealkylation sites (N-methyl/N-ethyl adjacent to an activating group) is 1. The first-order valence-corrected chi connectivity index (χ1v) is 7.62. The number of nitrogens with zero attached hydrogens (tertiary/aromatic N) is 4. The predicted octanol–water partition coefficient (Wildman–Crippen LogP) is 0.473. The molecule has 0 spiro atoms. The van der Waals surface area contributed by atoms with Crippen LogP contribution < -0.4 is 16.0 Å². The van der Waals surface area contributed by atoms with Gasteiger partial charge in [0.25, 0.3) is 5.91 Å². The first kappa shape index (κ1) is 16.2. The van der Waals surface area contributed by atoms with Crippen LogP contribution in [0.3, 0.4) is 0 Å². The van der Waals surface area contributed by atoms with Crippen LogP contribution in [-0.2, 0) is 6.54 Å². The monoisotopic (exact) mass is 334 g/mol. The normalized spacial score (nSPS) is 15.5. The number of nitrogens with one attached hydrogen (secondary N) is 1. The molecule has 1 aliphatic rings. The largest absolute Gasteiger partial charge is 0.406 e. The number of halogens is 1. The van der Waals surface area contributed by atoms with Crippen LogP contribution in [0, 0.1) is 5.82 Å². The molecule has 1 fully saturated rings. The van der Waals surface area contributed by atoms with Crippen molar-refractivity contribution in [1.82, 2.24) is 20.4 Å². The molecule has 3 rings (SSSR count). The van der Waals surface area contributed by atoms with Crippen molar-refractivity contribution in [1.29, 1.82) is 0 Å². The summed E-state index contributed by atoms with van der Waals surface area (Å²) < 4.78 is 19.3. The van der Waals surface area contributed by atoms with Crippen molar-refractivity contribution >= 4 is 17.6 Å². The fourth-order valence-corrected chi connectivity index (χ4v) is 2.55. The summed E-state index contributed by atoms with van der Waals surface area (Å²) in [5.74, 6) is -0.639. The van der Waals surface area contributed by atoms with E-state index < -0.39 is 11.7 Å². The number of carbonyl (C=O) groups is 1. The highest BCUT2D eigenvalue weighted by Crippen LogP contribution is 2.22. The maximum Gasteiger partial charge on any atom is 0.312 e. The van der Waals surface area contributed by atoms with Crippen LogP contribution in [0.15, 0.2) is 22.6 Å². The lowest BCUT2D eigenvalue weighted by Gasteiger charge is -2.34. The molecular weight excluding hydrogens is 315 g/mol. The Morgan fingerprint density at radius 2 is 2.08 bits per heavy atom. The molecule has 0 unspecified atom stereocenters. The van der Waals surface area contributed by atoms with Crippen LogP contribution >= 0.6 is 0 Å². The highest BCUT2D eigenvalue weighted by Gasteiger charge is 2.18. The van der Waals surface area contributed by atoms with E-state index >= 15 is 0 Å². The summed E-state index contributed by atoms with van der Waals surface area (Å²) in [4.78, 5) is 16.3. The van der Waals surface area contributed by atoms with Crippen molar-refractivity contribution in [3.05, 3.63) is 35.5 Å². The van der Waals surface area contributed by atoms with Gasteiger partial charge in [0.1, 0.15) is 5.82 Å². The number of hydrogen-bond donors (Lipinski definition) is 2. The average molecular weight is 334 g/mol. The van der Waals surface area contributed by atoms with Crippen molar-refractivity contribution in [2.75, 3.05) is 43.9 Å². The lowest BCUT2D eigenvalue weighted by molar-refractivity contribution is 0.0947. The summed E-state index contributed by atoms with van der Waals surface area (Å²) in [7, 11) is 2.04. The van der Waals surface area contributed by atoms with E-state index in [2.05, 4.69) is 20.4 Å². The van der Waals surface area contributed by atoms with Crippen molar-refractivity contribution < 1.29 is 13.6 Å². The second kappa shape index (κ2) is 6.83. The molecule has 0 saturated carbocycles. The fourth-order valence-electron chi connectivity index (χ4n) is 2.55. The zero-order valence-electron chi connectivity index (χ0n) is 13.3. The molecule has 1 aromatic heterocycles. The number of piperazine rings is 1. The minimum atomic E-state index is -0.421. The Hall–Kier alpha value is -2.68. The minimum Gasteiger partial charge on any atom is -0.406 e. The Labute approximate surface area is 138 Å². The average Bonchev–Trinajstić information content (AvgIpc) is 2.99. The SMILES string of the molecule is CN1CCN(c2ccc(C(=O)NCc3nnc(N)o3)cc2F)CC1. The van der Waals surface area contributed by atoms with E-state index in [1.165, 1.54) is 6.07 Å². The summed E-state index contributed by atoms with van der Waals surface area (Å²) in [6.45, 7) is 3.32. The number of nitrogen functional groups attached to an aromatic ring is 1. The molecule has 1 aliphatic heterocycles. The van der Waals surface area contributed by atoms with Gasteiger partial charge in [-0.1, -0.05) is 5.10 Å². The van der Waals surface area contributed by atoms with Crippen molar-refractivity contribution in [2.45, 2.75) is 6.54 Å². The van der Waals surface area contributed by atoms with E-state index in [1.807, 2.05) is 11.9 Å². The number of rotatable bonds is 4. The third-order valence-corrected chi connectivity index (χ3v) is 3.94. The van der Waals surface area contributed by atoms with E-state index in [0.717, 1.165) is 26.2 Å². The van der Waals surface area contributed by atoms with Crippen LogP contribution in [0.25, 0.3) is 0 Å². The van der Waals surface area contributed by atoms with Gasteiger partial charge in [-0.05, 0) is 25.2 Å². The first-order valence-electron chi connectivity index (χ1n) is 7.62. The quantitative estimate of drug-likeness (QED) is 0.838. The van der Waals surface area contributed by atoms with Gasteiger partial charge in [0.05, 0.1) is 12.2 Å². The number of amides is 1. The lowest BCUT2D eigenvalue weighted by Crippen LogP contribution is -2.44. The zero-order valence-corrected chi connectivity index (χ0v) is 13.3. The molecule has 1 amide bonds. The van der Waals surface area contributed by atoms with Gasteiger partial charge in [-0.25, -0.2) is 4.39 Å². The van der Waals surface area contributed by atoms with E-state index in [9.17, 15) is 9.18 Å². The molecule has 0 radical (unpaired) electrons. The number of hydrogen-bond acceptors (Lipinski definition) is 7. The van der Waals surface area contributed by atoms with Gasteiger partial charge in [-0.15, -0.1) is 5.10 Å². The van der Waals surface area contributed by atoms with Crippen LogP contribution in [0.5, 0.6) is 0 Å². The second-order valence-corrected chi connectivity index (χ2v) is 5.67. The summed E-state index contributed by atoms with van der Waals surface area (Å²) in [5, 5.41) is 9.71. The van der Waals surface area contributed by atoms with E-state index in [1.54, 1.807) is 12.1 Å². The van der Waals surface area contributed by atoms with Gasteiger partial charge in [0, 0.05) is 31.7 Å². The molecule has 24 heavy (non-hydrogen) atoms. The second-order valence-electron chi connectivity index (χ2n) is 5.67. The van der Waals surface area contributed by atoms with Crippen molar-refractivity contribution in [2.24, 2.45) is 0 Å². The van der Waals surface area contributed by atoms with Gasteiger partial charge >= 0.3 is 6.01 Å². The molecule has 0 atom stereocenters. The van der Waals surface area contributed by atoms with Crippen molar-refractivity contribution in [3.63, 3.8) is 0 Å². The van der Waals surface area contributed by atoms with Gasteiger partial charge in [-0.2, -0.15) is 0 Å². The Morgan fingerprint density at radius 3 is 2.71 bits per heavy atom. The maximum absolute atomic E-state index is 14.4. The summed E-state index contributed by atoms with van der Waals surface area (Å²) in [6.07, 6.45) is 0. The fraction of sp³-hybridized carbons (Fsp3) is 0.400. The highest BCUT2D eigenvalue weighted by molar-refractivity contribution is 5.94. The molecule has 1 saturated heterocycles. The Kier molecular flexibility index (Phi) is 4.61. The molecule has 3 N–H and O–H groups in total. The molecule has 9 heteroatoms. The maximum atomic E-state index is 14.4. The molecule has 2 heterocycles. The smallest absolute Gasteiger partial charge is 0.312 e. The Morgan fingerprint density at radius 1 is 1.33 bits per heavy atom. The number of nitrogens with two attached hydrogens (primary N) is 1. The van der Waals surface area contributed by atoms with E-state index in [0.29, 0.717) is 5.69 Å². The van der Waals surface area contributed by atoms with E-state index in [-0.39, 0.29) is 24.0 Å². The van der Waals surface area contributed by atoms with Crippen molar-refractivity contribution in [3.8, 4) is 0 Å². The minimum absolute atomic E-state index is 0.0326. The number of benzene rings is 1. The van der Waals surface area contributed by atoms with E-state index in [4.69, 9.17) is 10.2 Å². The van der Waals surface area contributed by atoms with Crippen LogP contribution in [-0.4, -0.2) is 54.2 Å². The Balaban J connectivity index is 1.64. The van der Waals surface area contributed by atoms with Gasteiger partial charge < -0.3 is 25.3 Å². The third-order valence-electron chi connectivity index (χ3n) is 3.94. The summed E-state index contributed by atoms with van der Waals surface area (Å²) in [5.41, 5.74) is 6.05. The Bertz CT molecular complexity index is 727.